The number of aromatic nitrogens is 2. The van der Waals surface area contributed by atoms with Crippen LogP contribution in [0.4, 0.5) is 5.82 Å². The number of H-pyrrole nitrogens is 1. The van der Waals surface area contributed by atoms with Gasteiger partial charge in [0.15, 0.2) is 5.82 Å². The number of piperidine rings is 1. The molecule has 7 heteroatoms. The van der Waals surface area contributed by atoms with E-state index in [-0.39, 0.29) is 11.9 Å². The molecule has 1 saturated heterocycles. The molecule has 4 rings (SSSR count). The van der Waals surface area contributed by atoms with E-state index in [2.05, 4.69) is 26.5 Å². The first kappa shape index (κ1) is 19.5. The van der Waals surface area contributed by atoms with Crippen molar-refractivity contribution >= 4 is 11.7 Å². The highest BCUT2D eigenvalue weighted by molar-refractivity contribution is 5.94. The Morgan fingerprint density at radius 1 is 1.27 bits per heavy atom. The third-order valence-corrected chi connectivity index (χ3v) is 5.30. The molecule has 3 aromatic rings. The summed E-state index contributed by atoms with van der Waals surface area (Å²) in [6, 6.07) is 18.7. The molecule has 152 valence electrons. The van der Waals surface area contributed by atoms with Gasteiger partial charge in [-0.15, -0.1) is 0 Å². The minimum Gasteiger partial charge on any atom is -0.497 e. The number of nitrogens with one attached hydrogen (secondary N) is 2. The molecule has 2 heterocycles. The minimum atomic E-state index is -0.153. The summed E-state index contributed by atoms with van der Waals surface area (Å²) in [5.41, 5.74) is 2.96. The van der Waals surface area contributed by atoms with Crippen LogP contribution in [-0.4, -0.2) is 42.3 Å². The van der Waals surface area contributed by atoms with Crippen molar-refractivity contribution in [2.75, 3.05) is 25.1 Å². The number of carbonyl (C=O) groups excluding carboxylic acids is 1. The van der Waals surface area contributed by atoms with Crippen LogP contribution in [-0.2, 0) is 0 Å². The molecule has 0 aliphatic carbocycles. The lowest BCUT2D eigenvalue weighted by atomic mass is 10.0. The zero-order valence-corrected chi connectivity index (χ0v) is 16.8. The van der Waals surface area contributed by atoms with Gasteiger partial charge in [0.1, 0.15) is 5.75 Å². The highest BCUT2D eigenvalue weighted by Gasteiger charge is 2.23. The predicted octanol–water partition coefficient (Wildman–Crippen LogP) is 3.36. The lowest BCUT2D eigenvalue weighted by Gasteiger charge is -2.33. The zero-order chi connectivity index (χ0) is 20.9. The van der Waals surface area contributed by atoms with Gasteiger partial charge in [-0.05, 0) is 60.9 Å². The lowest BCUT2D eigenvalue weighted by Crippen LogP contribution is -2.48. The topological polar surface area (TPSA) is 94.0 Å². The van der Waals surface area contributed by atoms with Crippen molar-refractivity contribution in [1.29, 1.82) is 5.26 Å². The molecule has 30 heavy (non-hydrogen) atoms. The van der Waals surface area contributed by atoms with E-state index in [0.717, 1.165) is 42.2 Å². The van der Waals surface area contributed by atoms with E-state index in [9.17, 15) is 4.79 Å². The van der Waals surface area contributed by atoms with E-state index in [1.165, 1.54) is 0 Å². The average molecular weight is 401 g/mol. The van der Waals surface area contributed by atoms with Crippen molar-refractivity contribution < 1.29 is 9.53 Å². The van der Waals surface area contributed by atoms with E-state index in [4.69, 9.17) is 10.00 Å². The molecular formula is C23H23N5O2. The standard InChI is InChI=1S/C23H23N5O2/c1-30-20-9-7-17(8-10-20)21-13-22(27-26-21)28-11-3-6-19(15-28)25-23(29)18-5-2-4-16(12-18)14-24/h2,4-5,7-10,12-13,19H,3,6,11,15H2,1H3,(H,25,29)(H,26,27). The number of methoxy groups -OCH3 is 1. The number of aromatic amines is 1. The molecule has 1 amide bonds. The van der Waals surface area contributed by atoms with E-state index < -0.39 is 0 Å². The summed E-state index contributed by atoms with van der Waals surface area (Å²) in [6.07, 6.45) is 1.88. The van der Waals surface area contributed by atoms with Gasteiger partial charge in [0.05, 0.1) is 24.4 Å². The third-order valence-electron chi connectivity index (χ3n) is 5.30. The Bertz CT molecular complexity index is 1070. The zero-order valence-electron chi connectivity index (χ0n) is 16.8. The molecule has 2 N–H and O–H groups in total. The summed E-state index contributed by atoms with van der Waals surface area (Å²) in [7, 11) is 1.65. The highest BCUT2D eigenvalue weighted by atomic mass is 16.5. The Morgan fingerprint density at radius 2 is 2.10 bits per heavy atom. The molecule has 1 fully saturated rings. The Labute approximate surface area is 175 Å². The molecule has 1 aliphatic rings. The van der Waals surface area contributed by atoms with E-state index in [0.29, 0.717) is 17.7 Å². The van der Waals surface area contributed by atoms with Crippen LogP contribution in [0.5, 0.6) is 5.75 Å². The van der Waals surface area contributed by atoms with Crippen LogP contribution in [0.2, 0.25) is 0 Å². The van der Waals surface area contributed by atoms with Crippen molar-refractivity contribution in [3.63, 3.8) is 0 Å². The normalized spacial score (nSPS) is 16.0. The van der Waals surface area contributed by atoms with Gasteiger partial charge in [-0.25, -0.2) is 0 Å². The second-order valence-corrected chi connectivity index (χ2v) is 7.32. The minimum absolute atomic E-state index is 0.0260. The van der Waals surface area contributed by atoms with Crippen molar-refractivity contribution in [2.45, 2.75) is 18.9 Å². The predicted molar refractivity (Wildman–Crippen MR) is 114 cm³/mol. The van der Waals surface area contributed by atoms with Crippen LogP contribution in [0, 0.1) is 11.3 Å². The fourth-order valence-electron chi connectivity index (χ4n) is 3.69. The van der Waals surface area contributed by atoms with Crippen LogP contribution < -0.4 is 15.0 Å². The van der Waals surface area contributed by atoms with Gasteiger partial charge in [0, 0.05) is 30.8 Å². The molecule has 1 atom stereocenters. The first-order valence-corrected chi connectivity index (χ1v) is 9.92. The number of hydrogen-bond donors (Lipinski definition) is 2. The molecule has 1 aromatic heterocycles. The second-order valence-electron chi connectivity index (χ2n) is 7.32. The molecule has 0 bridgehead atoms. The maximum absolute atomic E-state index is 12.6. The van der Waals surface area contributed by atoms with Crippen LogP contribution in [0.1, 0.15) is 28.8 Å². The summed E-state index contributed by atoms with van der Waals surface area (Å²) in [5, 5.41) is 19.7. The van der Waals surface area contributed by atoms with Crippen molar-refractivity contribution in [3.8, 4) is 23.1 Å². The summed E-state index contributed by atoms with van der Waals surface area (Å²) >= 11 is 0. The van der Waals surface area contributed by atoms with Crippen LogP contribution >= 0.6 is 0 Å². The van der Waals surface area contributed by atoms with Gasteiger partial charge in [0.2, 0.25) is 0 Å². The number of carbonyl (C=O) groups is 1. The summed E-state index contributed by atoms with van der Waals surface area (Å²) in [5.74, 6) is 1.53. The first-order valence-electron chi connectivity index (χ1n) is 9.92. The Hall–Kier alpha value is -3.79. The monoisotopic (exact) mass is 401 g/mol. The molecule has 0 radical (unpaired) electrons. The van der Waals surface area contributed by atoms with E-state index >= 15 is 0 Å². The fraction of sp³-hybridized carbons (Fsp3) is 0.261. The quantitative estimate of drug-likeness (QED) is 0.684. The molecule has 7 nitrogen and oxygen atoms in total. The molecule has 1 aliphatic heterocycles. The summed E-state index contributed by atoms with van der Waals surface area (Å²) in [4.78, 5) is 14.8. The Kier molecular flexibility index (Phi) is 5.66. The largest absolute Gasteiger partial charge is 0.497 e. The van der Waals surface area contributed by atoms with Crippen LogP contribution in [0.25, 0.3) is 11.3 Å². The van der Waals surface area contributed by atoms with E-state index in [1.54, 1.807) is 31.4 Å². The van der Waals surface area contributed by atoms with Crippen molar-refractivity contribution in [1.82, 2.24) is 15.5 Å². The van der Waals surface area contributed by atoms with Gasteiger partial charge in [-0.2, -0.15) is 10.4 Å². The molecular weight excluding hydrogens is 378 g/mol. The molecule has 2 aromatic carbocycles. The van der Waals surface area contributed by atoms with Crippen molar-refractivity contribution in [2.24, 2.45) is 0 Å². The Morgan fingerprint density at radius 3 is 2.87 bits per heavy atom. The van der Waals surface area contributed by atoms with Gasteiger partial charge in [-0.3, -0.25) is 9.89 Å². The smallest absolute Gasteiger partial charge is 0.251 e. The lowest BCUT2D eigenvalue weighted by molar-refractivity contribution is 0.0933. The maximum atomic E-state index is 12.6. The van der Waals surface area contributed by atoms with Crippen LogP contribution in [0.15, 0.2) is 54.6 Å². The Balaban J connectivity index is 1.42. The number of nitriles is 1. The number of amides is 1. The average Bonchev–Trinajstić information content (AvgIpc) is 3.30. The van der Waals surface area contributed by atoms with E-state index in [1.807, 2.05) is 30.3 Å². The van der Waals surface area contributed by atoms with Gasteiger partial charge in [0.25, 0.3) is 5.91 Å². The van der Waals surface area contributed by atoms with Gasteiger partial charge < -0.3 is 15.0 Å². The first-order chi connectivity index (χ1) is 14.7. The molecule has 0 saturated carbocycles. The number of nitrogens with zero attached hydrogens (tertiary/aromatic N) is 3. The highest BCUT2D eigenvalue weighted by Crippen LogP contribution is 2.25. The fourth-order valence-corrected chi connectivity index (χ4v) is 3.69. The molecule has 0 spiro atoms. The summed E-state index contributed by atoms with van der Waals surface area (Å²) < 4.78 is 5.21. The third kappa shape index (κ3) is 4.28. The molecule has 1 unspecified atom stereocenters. The SMILES string of the molecule is COc1ccc(-c2cc(N3CCCC(NC(=O)c4cccc(C#N)c4)C3)n[nH]2)cc1. The number of benzene rings is 2. The van der Waals surface area contributed by atoms with Crippen molar-refractivity contribution in [3.05, 3.63) is 65.7 Å². The second kappa shape index (κ2) is 8.70. The maximum Gasteiger partial charge on any atom is 0.251 e. The number of ether oxygens (including phenoxy) is 1. The number of rotatable bonds is 5. The number of anilines is 1. The van der Waals surface area contributed by atoms with Crippen LogP contribution in [0.3, 0.4) is 0 Å². The number of hydrogen-bond acceptors (Lipinski definition) is 5. The van der Waals surface area contributed by atoms with Gasteiger partial charge >= 0.3 is 0 Å². The van der Waals surface area contributed by atoms with Gasteiger partial charge in [-0.1, -0.05) is 6.07 Å². The summed E-state index contributed by atoms with van der Waals surface area (Å²) in [6.45, 7) is 1.58.